The van der Waals surface area contributed by atoms with Crippen LogP contribution in [0.25, 0.3) is 11.0 Å². The molecule has 0 aliphatic carbocycles. The number of aromatic nitrogens is 5. The summed E-state index contributed by atoms with van der Waals surface area (Å²) < 4.78 is 2.02. The van der Waals surface area contributed by atoms with Crippen molar-refractivity contribution in [2.24, 2.45) is 5.92 Å². The number of fused-ring (bicyclic) bond motifs is 1. The van der Waals surface area contributed by atoms with Crippen LogP contribution in [0, 0.1) is 18.3 Å². The van der Waals surface area contributed by atoms with Gasteiger partial charge in [-0.1, -0.05) is 0 Å². The van der Waals surface area contributed by atoms with Crippen molar-refractivity contribution in [3.63, 3.8) is 0 Å². The summed E-state index contributed by atoms with van der Waals surface area (Å²) in [7, 11) is 0. The highest BCUT2D eigenvalue weighted by Crippen LogP contribution is 2.25. The zero-order valence-electron chi connectivity index (χ0n) is 16.7. The first-order chi connectivity index (χ1) is 14.1. The van der Waals surface area contributed by atoms with E-state index in [1.165, 1.54) is 0 Å². The van der Waals surface area contributed by atoms with Gasteiger partial charge in [-0.3, -0.25) is 0 Å². The van der Waals surface area contributed by atoms with Gasteiger partial charge < -0.3 is 19.9 Å². The normalized spacial score (nSPS) is 16.9. The van der Waals surface area contributed by atoms with Crippen molar-refractivity contribution in [3.05, 3.63) is 30.4 Å². The van der Waals surface area contributed by atoms with Gasteiger partial charge in [-0.05, 0) is 32.8 Å². The Labute approximate surface area is 170 Å². The van der Waals surface area contributed by atoms with Gasteiger partial charge in [0.15, 0.2) is 0 Å². The summed E-state index contributed by atoms with van der Waals surface area (Å²) in [4.78, 5) is 20.1. The maximum Gasteiger partial charge on any atom is 0.227 e. The Bertz CT molecular complexity index is 1050. The van der Waals surface area contributed by atoms with Crippen LogP contribution < -0.4 is 10.2 Å². The van der Waals surface area contributed by atoms with E-state index in [-0.39, 0.29) is 18.6 Å². The zero-order valence-corrected chi connectivity index (χ0v) is 16.7. The molecule has 4 heterocycles. The number of aliphatic hydroxyl groups is 1. The second-order valence-corrected chi connectivity index (χ2v) is 7.53. The monoisotopic (exact) mass is 391 g/mol. The van der Waals surface area contributed by atoms with Crippen molar-refractivity contribution in [1.29, 1.82) is 0 Å². The Kier molecular flexibility index (Phi) is 5.32. The highest BCUT2D eigenvalue weighted by molar-refractivity contribution is 5.79. The standard InChI is InChI=1S/C21H25N7O/c1-4-15-6-5-9-27(12-15)21-22-8-7-18(26-21)25-19-10-17-16(11-23-19)24-20(13-29)28(17)14(2)3/h1,7-8,10-11,14-15,29H,5-6,9,12-13H2,2-3H3,(H,22,23,25,26)/t15-/m1/s1. The number of aliphatic hydroxyl groups excluding tert-OH is 1. The first kappa shape index (κ1) is 19.2. The molecule has 1 aliphatic heterocycles. The minimum absolute atomic E-state index is 0.112. The molecule has 2 N–H and O–H groups in total. The second kappa shape index (κ2) is 8.05. The number of nitrogens with zero attached hydrogens (tertiary/aromatic N) is 6. The number of nitrogens with one attached hydrogen (secondary N) is 1. The summed E-state index contributed by atoms with van der Waals surface area (Å²) in [5, 5.41) is 12.9. The third-order valence-electron chi connectivity index (χ3n) is 5.15. The maximum atomic E-state index is 9.61. The molecule has 3 aromatic rings. The Morgan fingerprint density at radius 3 is 2.93 bits per heavy atom. The van der Waals surface area contributed by atoms with Crippen LogP contribution in [0.5, 0.6) is 0 Å². The molecule has 1 saturated heterocycles. The van der Waals surface area contributed by atoms with E-state index in [4.69, 9.17) is 6.42 Å². The molecular formula is C21H25N7O. The van der Waals surface area contributed by atoms with Crippen LogP contribution in [0.3, 0.4) is 0 Å². The molecule has 0 saturated carbocycles. The molecule has 0 unspecified atom stereocenters. The first-order valence-corrected chi connectivity index (χ1v) is 9.88. The van der Waals surface area contributed by atoms with E-state index in [1.54, 1.807) is 12.4 Å². The zero-order chi connectivity index (χ0) is 20.4. The van der Waals surface area contributed by atoms with Gasteiger partial charge in [-0.15, -0.1) is 12.3 Å². The van der Waals surface area contributed by atoms with Gasteiger partial charge in [0.2, 0.25) is 5.95 Å². The SMILES string of the molecule is C#C[C@@H]1CCCN(c2nccc(Nc3cc4c(cn3)nc(CO)n4C(C)C)n2)C1. The summed E-state index contributed by atoms with van der Waals surface area (Å²) in [6.45, 7) is 5.70. The van der Waals surface area contributed by atoms with E-state index in [9.17, 15) is 5.11 Å². The quantitative estimate of drug-likeness (QED) is 0.646. The van der Waals surface area contributed by atoms with Crippen LogP contribution in [0.2, 0.25) is 0 Å². The lowest BCUT2D eigenvalue weighted by atomic mass is 9.99. The van der Waals surface area contributed by atoms with Gasteiger partial charge in [-0.2, -0.15) is 4.98 Å². The fourth-order valence-electron chi connectivity index (χ4n) is 3.80. The molecule has 4 rings (SSSR count). The molecule has 0 radical (unpaired) electrons. The molecule has 0 aromatic carbocycles. The average Bonchev–Trinajstić information content (AvgIpc) is 3.12. The van der Waals surface area contributed by atoms with E-state index in [2.05, 4.69) is 49.9 Å². The highest BCUT2D eigenvalue weighted by Gasteiger charge is 2.20. The summed E-state index contributed by atoms with van der Waals surface area (Å²) in [5.41, 5.74) is 1.68. The number of imidazole rings is 1. The van der Waals surface area contributed by atoms with Gasteiger partial charge in [0.05, 0.1) is 11.7 Å². The van der Waals surface area contributed by atoms with Crippen molar-refractivity contribution in [2.45, 2.75) is 39.3 Å². The Balaban J connectivity index is 1.60. The van der Waals surface area contributed by atoms with E-state index in [1.807, 2.05) is 16.7 Å². The third-order valence-corrected chi connectivity index (χ3v) is 5.15. The minimum atomic E-state index is -0.112. The maximum absolute atomic E-state index is 9.61. The predicted molar refractivity (Wildman–Crippen MR) is 113 cm³/mol. The van der Waals surface area contributed by atoms with Gasteiger partial charge in [-0.25, -0.2) is 15.0 Å². The van der Waals surface area contributed by atoms with E-state index >= 15 is 0 Å². The number of pyridine rings is 1. The molecule has 0 spiro atoms. The van der Waals surface area contributed by atoms with Gasteiger partial charge >= 0.3 is 0 Å². The molecule has 1 aliphatic rings. The fraction of sp³-hybridized carbons (Fsp3) is 0.429. The number of anilines is 3. The Hall–Kier alpha value is -3.18. The molecule has 1 atom stereocenters. The number of rotatable bonds is 5. The molecular weight excluding hydrogens is 366 g/mol. The van der Waals surface area contributed by atoms with E-state index < -0.39 is 0 Å². The van der Waals surface area contributed by atoms with Crippen LogP contribution in [-0.2, 0) is 6.61 Å². The van der Waals surface area contributed by atoms with E-state index in [0.717, 1.165) is 37.0 Å². The van der Waals surface area contributed by atoms with Crippen molar-refractivity contribution in [3.8, 4) is 12.3 Å². The summed E-state index contributed by atoms with van der Waals surface area (Å²) in [5.74, 6) is 5.72. The minimum Gasteiger partial charge on any atom is -0.388 e. The predicted octanol–water partition coefficient (Wildman–Crippen LogP) is 2.89. The Morgan fingerprint density at radius 1 is 1.31 bits per heavy atom. The molecule has 0 bridgehead atoms. The number of terminal acetylenes is 1. The first-order valence-electron chi connectivity index (χ1n) is 9.88. The van der Waals surface area contributed by atoms with Crippen LogP contribution >= 0.6 is 0 Å². The molecule has 150 valence electrons. The Morgan fingerprint density at radius 2 is 2.17 bits per heavy atom. The highest BCUT2D eigenvalue weighted by atomic mass is 16.3. The molecule has 8 heteroatoms. The van der Waals surface area contributed by atoms with Crippen molar-refractivity contribution in [2.75, 3.05) is 23.3 Å². The van der Waals surface area contributed by atoms with Crippen molar-refractivity contribution >= 4 is 28.6 Å². The lowest BCUT2D eigenvalue weighted by Crippen LogP contribution is -2.36. The van der Waals surface area contributed by atoms with E-state index in [0.29, 0.717) is 23.4 Å². The molecule has 29 heavy (non-hydrogen) atoms. The lowest BCUT2D eigenvalue weighted by Gasteiger charge is -2.30. The smallest absolute Gasteiger partial charge is 0.227 e. The lowest BCUT2D eigenvalue weighted by molar-refractivity contribution is 0.263. The van der Waals surface area contributed by atoms with Crippen LogP contribution in [0.15, 0.2) is 24.5 Å². The fourth-order valence-corrected chi connectivity index (χ4v) is 3.80. The summed E-state index contributed by atoms with van der Waals surface area (Å²) in [6, 6.07) is 3.92. The topological polar surface area (TPSA) is 92.0 Å². The van der Waals surface area contributed by atoms with Gasteiger partial charge in [0.25, 0.3) is 0 Å². The van der Waals surface area contributed by atoms with Gasteiger partial charge in [0, 0.05) is 37.3 Å². The second-order valence-electron chi connectivity index (χ2n) is 7.53. The van der Waals surface area contributed by atoms with Crippen molar-refractivity contribution < 1.29 is 5.11 Å². The van der Waals surface area contributed by atoms with Crippen LogP contribution in [-0.4, -0.2) is 42.7 Å². The molecule has 0 amide bonds. The van der Waals surface area contributed by atoms with Crippen molar-refractivity contribution in [1.82, 2.24) is 24.5 Å². The number of hydrogen-bond acceptors (Lipinski definition) is 7. The van der Waals surface area contributed by atoms with Crippen LogP contribution in [0.1, 0.15) is 38.6 Å². The summed E-state index contributed by atoms with van der Waals surface area (Å²) >= 11 is 0. The van der Waals surface area contributed by atoms with Crippen LogP contribution in [0.4, 0.5) is 17.6 Å². The van der Waals surface area contributed by atoms with Gasteiger partial charge in [0.1, 0.15) is 29.6 Å². The number of piperidine rings is 1. The molecule has 1 fully saturated rings. The average molecular weight is 391 g/mol. The molecule has 3 aromatic heterocycles. The summed E-state index contributed by atoms with van der Waals surface area (Å²) in [6.07, 6.45) is 11.1. The number of hydrogen-bond donors (Lipinski definition) is 2. The largest absolute Gasteiger partial charge is 0.388 e. The molecule has 8 nitrogen and oxygen atoms in total. The third kappa shape index (κ3) is 3.87.